The quantitative estimate of drug-likeness (QED) is 0.631. The van der Waals surface area contributed by atoms with Gasteiger partial charge in [-0.25, -0.2) is 13.4 Å². The van der Waals surface area contributed by atoms with Crippen molar-refractivity contribution in [3.05, 3.63) is 47.1 Å². The Morgan fingerprint density at radius 3 is 2.80 bits per heavy atom. The van der Waals surface area contributed by atoms with Crippen molar-refractivity contribution in [2.75, 3.05) is 19.6 Å². The van der Waals surface area contributed by atoms with Gasteiger partial charge in [-0.05, 0) is 51.0 Å². The zero-order valence-electron chi connectivity index (χ0n) is 17.2. The minimum Gasteiger partial charge on any atom is -0.354 e. The zero-order chi connectivity index (χ0) is 21.3. The molecule has 9 heteroatoms. The maximum Gasteiger partial charge on any atom is 0.252 e. The maximum absolute atomic E-state index is 12.9. The molecule has 30 heavy (non-hydrogen) atoms. The van der Waals surface area contributed by atoms with Crippen LogP contribution in [0.3, 0.4) is 0 Å². The second-order valence-corrected chi connectivity index (χ2v) is 11.1. The molecule has 2 aromatic heterocycles. The largest absolute Gasteiger partial charge is 0.354 e. The van der Waals surface area contributed by atoms with Crippen LogP contribution in [0.1, 0.15) is 23.5 Å². The lowest BCUT2D eigenvalue weighted by Crippen LogP contribution is -2.45. The third-order valence-corrected chi connectivity index (χ3v) is 8.88. The lowest BCUT2D eigenvalue weighted by atomic mass is 9.99. The van der Waals surface area contributed by atoms with Crippen molar-refractivity contribution in [1.29, 1.82) is 0 Å². The van der Waals surface area contributed by atoms with Gasteiger partial charge < -0.3 is 9.88 Å². The standard InChI is InChI=1S/C21H26N4O3S2/c1-15-9-10-20(29-15)30(27,28)24-12-5-6-17(14-24)21(26)22-11-13-25-16(2)23-18-7-3-4-8-19(18)25/h3-4,7-10,17H,5-6,11-14H2,1-2H3,(H,22,26). The van der Waals surface area contributed by atoms with Crippen LogP contribution < -0.4 is 5.32 Å². The molecule has 4 rings (SSSR count). The van der Waals surface area contributed by atoms with Crippen LogP contribution in [0.4, 0.5) is 0 Å². The van der Waals surface area contributed by atoms with E-state index in [-0.39, 0.29) is 18.4 Å². The van der Waals surface area contributed by atoms with Gasteiger partial charge in [0.05, 0.1) is 17.0 Å². The summed E-state index contributed by atoms with van der Waals surface area (Å²) in [5.74, 6) is 0.501. The van der Waals surface area contributed by atoms with Gasteiger partial charge in [0.2, 0.25) is 5.91 Å². The lowest BCUT2D eigenvalue weighted by Gasteiger charge is -2.30. The van der Waals surface area contributed by atoms with Gasteiger partial charge in [-0.15, -0.1) is 11.3 Å². The number of imidazole rings is 1. The van der Waals surface area contributed by atoms with E-state index in [1.165, 1.54) is 15.6 Å². The highest BCUT2D eigenvalue weighted by Gasteiger charge is 2.33. The van der Waals surface area contributed by atoms with Gasteiger partial charge in [0.1, 0.15) is 10.0 Å². The smallest absolute Gasteiger partial charge is 0.252 e. The topological polar surface area (TPSA) is 84.3 Å². The van der Waals surface area contributed by atoms with Gasteiger partial charge in [0.15, 0.2) is 0 Å². The van der Waals surface area contributed by atoms with Gasteiger partial charge in [0.25, 0.3) is 10.0 Å². The van der Waals surface area contributed by atoms with Crippen LogP contribution in [0, 0.1) is 19.8 Å². The van der Waals surface area contributed by atoms with Crippen LogP contribution in [0.2, 0.25) is 0 Å². The molecule has 1 N–H and O–H groups in total. The molecule has 160 valence electrons. The van der Waals surface area contributed by atoms with Crippen LogP contribution in [0.25, 0.3) is 11.0 Å². The van der Waals surface area contributed by atoms with E-state index in [1.54, 1.807) is 6.07 Å². The Labute approximate surface area is 180 Å². The van der Waals surface area contributed by atoms with E-state index < -0.39 is 10.0 Å². The lowest BCUT2D eigenvalue weighted by molar-refractivity contribution is -0.126. The van der Waals surface area contributed by atoms with E-state index in [4.69, 9.17) is 0 Å². The minimum absolute atomic E-state index is 0.0839. The van der Waals surface area contributed by atoms with Gasteiger partial charge in [0, 0.05) is 31.1 Å². The first-order valence-corrected chi connectivity index (χ1v) is 12.4. The molecule has 3 heterocycles. The highest BCUT2D eigenvalue weighted by Crippen LogP contribution is 2.28. The average Bonchev–Trinajstić information content (AvgIpc) is 3.31. The second kappa shape index (κ2) is 8.49. The van der Waals surface area contributed by atoms with Gasteiger partial charge in [-0.2, -0.15) is 4.31 Å². The number of aryl methyl sites for hydroxylation is 2. The number of hydrogen-bond acceptors (Lipinski definition) is 5. The summed E-state index contributed by atoms with van der Waals surface area (Å²) in [5.41, 5.74) is 1.99. The molecule has 1 aliphatic heterocycles. The van der Waals surface area contributed by atoms with Crippen molar-refractivity contribution in [2.24, 2.45) is 5.92 Å². The van der Waals surface area contributed by atoms with Gasteiger partial charge in [-0.1, -0.05) is 12.1 Å². The van der Waals surface area contributed by atoms with Crippen LogP contribution >= 0.6 is 11.3 Å². The molecule has 1 fully saturated rings. The van der Waals surface area contributed by atoms with Crippen LogP contribution in [0.5, 0.6) is 0 Å². The molecule has 1 atom stereocenters. The normalized spacial score (nSPS) is 18.0. The SMILES string of the molecule is Cc1ccc(S(=O)(=O)N2CCCC(C(=O)NCCn3c(C)nc4ccccc43)C2)s1. The predicted octanol–water partition coefficient (Wildman–Crippen LogP) is 2.93. The average molecular weight is 447 g/mol. The number of hydrogen-bond donors (Lipinski definition) is 1. The zero-order valence-corrected chi connectivity index (χ0v) is 18.8. The van der Waals surface area contributed by atoms with E-state index in [9.17, 15) is 13.2 Å². The molecule has 1 aliphatic rings. The molecule has 0 radical (unpaired) electrons. The van der Waals surface area contributed by atoms with E-state index in [1.807, 2.05) is 44.2 Å². The number of amides is 1. The highest BCUT2D eigenvalue weighted by atomic mass is 32.2. The monoisotopic (exact) mass is 446 g/mol. The number of benzene rings is 1. The summed E-state index contributed by atoms with van der Waals surface area (Å²) < 4.78 is 29.7. The van der Waals surface area contributed by atoms with Crippen LogP contribution in [-0.4, -0.2) is 47.8 Å². The number of rotatable bonds is 6. The number of nitrogens with one attached hydrogen (secondary N) is 1. The summed E-state index contributed by atoms with van der Waals surface area (Å²) in [5, 5.41) is 2.99. The molecular formula is C21H26N4O3S2. The van der Waals surface area contributed by atoms with Gasteiger partial charge in [-0.3, -0.25) is 4.79 Å². The number of nitrogens with zero attached hydrogens (tertiary/aromatic N) is 3. The van der Waals surface area contributed by atoms with Crippen molar-refractivity contribution in [1.82, 2.24) is 19.2 Å². The Bertz CT molecular complexity index is 1170. The summed E-state index contributed by atoms with van der Waals surface area (Å²) in [7, 11) is -3.53. The predicted molar refractivity (Wildman–Crippen MR) is 118 cm³/mol. The Hall–Kier alpha value is -2.23. The number of fused-ring (bicyclic) bond motifs is 1. The number of carbonyl (C=O) groups is 1. The Morgan fingerprint density at radius 2 is 2.03 bits per heavy atom. The second-order valence-electron chi connectivity index (χ2n) is 7.66. The van der Waals surface area contributed by atoms with Crippen LogP contribution in [-0.2, 0) is 21.4 Å². The van der Waals surface area contributed by atoms with Crippen molar-refractivity contribution in [2.45, 2.75) is 37.4 Å². The fraction of sp³-hybridized carbons (Fsp3) is 0.429. The molecule has 1 unspecified atom stereocenters. The molecule has 0 aliphatic carbocycles. The van der Waals surface area contributed by atoms with E-state index in [0.29, 0.717) is 36.7 Å². The Kier molecular flexibility index (Phi) is 5.95. The Morgan fingerprint density at radius 1 is 1.23 bits per heavy atom. The van der Waals surface area contributed by atoms with E-state index in [0.717, 1.165) is 21.7 Å². The minimum atomic E-state index is -3.53. The third-order valence-electron chi connectivity index (χ3n) is 5.54. The van der Waals surface area contributed by atoms with Crippen molar-refractivity contribution in [3.63, 3.8) is 0 Å². The van der Waals surface area contributed by atoms with Crippen molar-refractivity contribution in [3.8, 4) is 0 Å². The Balaban J connectivity index is 1.37. The molecule has 1 saturated heterocycles. The molecule has 7 nitrogen and oxygen atoms in total. The third kappa shape index (κ3) is 4.14. The number of aromatic nitrogens is 2. The van der Waals surface area contributed by atoms with Crippen molar-refractivity contribution < 1.29 is 13.2 Å². The number of piperidine rings is 1. The molecule has 1 amide bonds. The van der Waals surface area contributed by atoms with E-state index in [2.05, 4.69) is 14.9 Å². The van der Waals surface area contributed by atoms with Crippen molar-refractivity contribution >= 4 is 38.3 Å². The number of sulfonamides is 1. The number of para-hydroxylation sites is 2. The first-order valence-electron chi connectivity index (χ1n) is 10.1. The summed E-state index contributed by atoms with van der Waals surface area (Å²) in [4.78, 5) is 18.2. The van der Waals surface area contributed by atoms with Gasteiger partial charge >= 0.3 is 0 Å². The first-order chi connectivity index (χ1) is 14.4. The maximum atomic E-state index is 12.9. The molecule has 3 aromatic rings. The fourth-order valence-electron chi connectivity index (χ4n) is 3.97. The summed E-state index contributed by atoms with van der Waals surface area (Å²) in [6, 6.07) is 11.4. The highest BCUT2D eigenvalue weighted by molar-refractivity contribution is 7.91. The van der Waals surface area contributed by atoms with E-state index >= 15 is 0 Å². The molecule has 0 spiro atoms. The summed E-state index contributed by atoms with van der Waals surface area (Å²) in [6.07, 6.45) is 1.39. The number of thiophene rings is 1. The molecular weight excluding hydrogens is 420 g/mol. The summed E-state index contributed by atoms with van der Waals surface area (Å²) in [6.45, 7) is 5.65. The number of carbonyl (C=O) groups excluding carboxylic acids is 1. The molecule has 0 saturated carbocycles. The fourth-order valence-corrected chi connectivity index (χ4v) is 6.93. The first kappa shape index (κ1) is 21.0. The molecule has 0 bridgehead atoms. The summed E-state index contributed by atoms with van der Waals surface area (Å²) >= 11 is 1.27. The van der Waals surface area contributed by atoms with Crippen LogP contribution in [0.15, 0.2) is 40.6 Å². The molecule has 1 aromatic carbocycles.